The van der Waals surface area contributed by atoms with E-state index in [1.807, 2.05) is 27.7 Å². The van der Waals surface area contributed by atoms with Crippen LogP contribution in [0.5, 0.6) is 0 Å². The molecule has 1 unspecified atom stereocenters. The molecule has 0 rings (SSSR count). The smallest absolute Gasteiger partial charge is 0.308 e. The van der Waals surface area contributed by atoms with Gasteiger partial charge in [-0.15, -0.1) is 0 Å². The molecule has 0 aromatic carbocycles. The molecule has 0 fully saturated rings. The molecule has 0 radical (unpaired) electrons. The Hall–Kier alpha value is -1.10. The normalized spacial score (nSPS) is 12.9. The van der Waals surface area contributed by atoms with E-state index in [2.05, 4.69) is 5.32 Å². The molecule has 0 aliphatic heterocycles. The van der Waals surface area contributed by atoms with Gasteiger partial charge in [0.05, 0.1) is 12.0 Å². The number of carboxylic acids is 1. The number of carbonyl (C=O) groups is 2. The molecule has 2 N–H and O–H groups in total. The maximum absolute atomic E-state index is 11.3. The summed E-state index contributed by atoms with van der Waals surface area (Å²) in [5, 5.41) is 11.4. The minimum atomic E-state index is -0.889. The first kappa shape index (κ1) is 14.9. The summed E-state index contributed by atoms with van der Waals surface area (Å²) in [7, 11) is 0. The zero-order chi connectivity index (χ0) is 12.7. The van der Waals surface area contributed by atoms with Crippen LogP contribution in [0, 0.1) is 11.8 Å². The molecule has 0 saturated heterocycles. The lowest BCUT2D eigenvalue weighted by molar-refractivity contribution is -0.143. The highest BCUT2D eigenvalue weighted by atomic mass is 16.5. The Balaban J connectivity index is 3.93. The van der Waals surface area contributed by atoms with Gasteiger partial charge in [0.25, 0.3) is 0 Å². The number of carbonyl (C=O) groups excluding carboxylic acids is 1. The molecule has 0 aromatic heterocycles. The first-order chi connectivity index (χ1) is 7.34. The molecule has 0 saturated carbocycles. The Morgan fingerprint density at radius 3 is 2.19 bits per heavy atom. The van der Waals surface area contributed by atoms with Crippen LogP contribution in [0.15, 0.2) is 0 Å². The average Bonchev–Trinajstić information content (AvgIpc) is 2.13. The van der Waals surface area contributed by atoms with Crippen molar-refractivity contribution in [3.8, 4) is 0 Å². The molecule has 1 atom stereocenters. The van der Waals surface area contributed by atoms with Crippen LogP contribution in [0.3, 0.4) is 0 Å². The molecule has 0 spiro atoms. The highest BCUT2D eigenvalue weighted by Crippen LogP contribution is 2.09. The van der Waals surface area contributed by atoms with Gasteiger partial charge >= 0.3 is 5.97 Å². The third-order valence-corrected chi connectivity index (χ3v) is 2.19. The molecule has 5 nitrogen and oxygen atoms in total. The highest BCUT2D eigenvalue weighted by molar-refractivity contribution is 5.78. The van der Waals surface area contributed by atoms with Crippen LogP contribution in [0.2, 0.25) is 0 Å². The van der Waals surface area contributed by atoms with Gasteiger partial charge in [-0.1, -0.05) is 13.8 Å². The Morgan fingerprint density at radius 2 is 1.81 bits per heavy atom. The summed E-state index contributed by atoms with van der Waals surface area (Å²) in [4.78, 5) is 22.1. The number of hydrogen-bond acceptors (Lipinski definition) is 3. The molecule has 16 heavy (non-hydrogen) atoms. The van der Waals surface area contributed by atoms with E-state index in [0.29, 0.717) is 0 Å². The van der Waals surface area contributed by atoms with Crippen molar-refractivity contribution < 1.29 is 19.4 Å². The summed E-state index contributed by atoms with van der Waals surface area (Å²) >= 11 is 0. The average molecular weight is 231 g/mol. The Labute approximate surface area is 96.2 Å². The minimum absolute atomic E-state index is 0.00822. The number of ether oxygens (including phenoxy) is 1. The summed E-state index contributed by atoms with van der Waals surface area (Å²) in [6.45, 7) is 7.42. The molecule has 0 bridgehead atoms. The number of amides is 1. The SMILES string of the molecule is CC(C)OCC(=O)NCC(C(=O)O)C(C)C. The fourth-order valence-electron chi connectivity index (χ4n) is 1.13. The van der Waals surface area contributed by atoms with Gasteiger partial charge in [0.15, 0.2) is 0 Å². The third-order valence-electron chi connectivity index (χ3n) is 2.19. The number of nitrogens with one attached hydrogen (secondary N) is 1. The molecule has 0 aliphatic carbocycles. The molecule has 94 valence electrons. The van der Waals surface area contributed by atoms with Crippen molar-refractivity contribution in [3.05, 3.63) is 0 Å². The van der Waals surface area contributed by atoms with Crippen LogP contribution < -0.4 is 5.32 Å². The number of hydrogen-bond donors (Lipinski definition) is 2. The van der Waals surface area contributed by atoms with Gasteiger partial charge in [0.2, 0.25) is 5.91 Å². The fraction of sp³-hybridized carbons (Fsp3) is 0.818. The third kappa shape index (κ3) is 6.40. The zero-order valence-electron chi connectivity index (χ0n) is 10.3. The van der Waals surface area contributed by atoms with E-state index in [4.69, 9.17) is 9.84 Å². The van der Waals surface area contributed by atoms with Crippen LogP contribution in [0.1, 0.15) is 27.7 Å². The van der Waals surface area contributed by atoms with Crippen molar-refractivity contribution >= 4 is 11.9 Å². The first-order valence-corrected chi connectivity index (χ1v) is 5.45. The van der Waals surface area contributed by atoms with Gasteiger partial charge in [0, 0.05) is 6.54 Å². The molecule has 0 aliphatic rings. The van der Waals surface area contributed by atoms with Crippen LogP contribution in [-0.4, -0.2) is 36.2 Å². The molecule has 1 amide bonds. The van der Waals surface area contributed by atoms with E-state index in [9.17, 15) is 9.59 Å². The Bertz CT molecular complexity index is 238. The van der Waals surface area contributed by atoms with Crippen LogP contribution in [-0.2, 0) is 14.3 Å². The number of carboxylic acid groups (broad SMARTS) is 1. The van der Waals surface area contributed by atoms with Gasteiger partial charge < -0.3 is 15.2 Å². The summed E-state index contributed by atoms with van der Waals surface area (Å²) < 4.78 is 5.10. The topological polar surface area (TPSA) is 75.6 Å². The lowest BCUT2D eigenvalue weighted by Gasteiger charge is -2.17. The van der Waals surface area contributed by atoms with Gasteiger partial charge in [-0.3, -0.25) is 9.59 Å². The Morgan fingerprint density at radius 1 is 1.25 bits per heavy atom. The van der Waals surface area contributed by atoms with E-state index in [1.54, 1.807) is 0 Å². The molecule has 0 heterocycles. The van der Waals surface area contributed by atoms with Crippen LogP contribution >= 0.6 is 0 Å². The van der Waals surface area contributed by atoms with Gasteiger partial charge in [-0.05, 0) is 19.8 Å². The van der Waals surface area contributed by atoms with Crippen molar-refractivity contribution in [1.29, 1.82) is 0 Å². The van der Waals surface area contributed by atoms with Gasteiger partial charge in [0.1, 0.15) is 6.61 Å². The van der Waals surface area contributed by atoms with Gasteiger partial charge in [-0.25, -0.2) is 0 Å². The van der Waals surface area contributed by atoms with Crippen LogP contribution in [0.25, 0.3) is 0 Å². The summed E-state index contributed by atoms with van der Waals surface area (Å²) in [5.41, 5.74) is 0. The molecule has 0 aromatic rings. The van der Waals surface area contributed by atoms with E-state index >= 15 is 0 Å². The first-order valence-electron chi connectivity index (χ1n) is 5.45. The van der Waals surface area contributed by atoms with E-state index in [1.165, 1.54) is 0 Å². The molecular weight excluding hydrogens is 210 g/mol. The fourth-order valence-corrected chi connectivity index (χ4v) is 1.13. The Kier molecular flexibility index (Phi) is 6.72. The lowest BCUT2D eigenvalue weighted by Crippen LogP contribution is -2.37. The molecule has 5 heteroatoms. The van der Waals surface area contributed by atoms with E-state index in [-0.39, 0.29) is 31.1 Å². The van der Waals surface area contributed by atoms with Crippen molar-refractivity contribution in [3.63, 3.8) is 0 Å². The predicted octanol–water partition coefficient (Wildman–Crippen LogP) is 0.884. The predicted molar refractivity (Wildman–Crippen MR) is 60.1 cm³/mol. The second-order valence-electron chi connectivity index (χ2n) is 4.35. The van der Waals surface area contributed by atoms with Crippen LogP contribution in [0.4, 0.5) is 0 Å². The second kappa shape index (κ2) is 7.22. The van der Waals surface area contributed by atoms with Crippen molar-refractivity contribution in [2.75, 3.05) is 13.2 Å². The van der Waals surface area contributed by atoms with Crippen molar-refractivity contribution in [2.45, 2.75) is 33.8 Å². The monoisotopic (exact) mass is 231 g/mol. The standard InChI is InChI=1S/C11H21NO4/c1-7(2)9(11(14)15)5-12-10(13)6-16-8(3)4/h7-9H,5-6H2,1-4H3,(H,12,13)(H,14,15). The largest absolute Gasteiger partial charge is 0.481 e. The maximum atomic E-state index is 11.3. The quantitative estimate of drug-likeness (QED) is 0.682. The number of aliphatic carboxylic acids is 1. The van der Waals surface area contributed by atoms with Crippen molar-refractivity contribution in [2.24, 2.45) is 11.8 Å². The van der Waals surface area contributed by atoms with E-state index in [0.717, 1.165) is 0 Å². The summed E-state index contributed by atoms with van der Waals surface area (Å²) in [6.07, 6.45) is -0.00822. The zero-order valence-corrected chi connectivity index (χ0v) is 10.3. The second-order valence-corrected chi connectivity index (χ2v) is 4.35. The summed E-state index contributed by atoms with van der Waals surface area (Å²) in [6, 6.07) is 0. The van der Waals surface area contributed by atoms with E-state index < -0.39 is 11.9 Å². The molecular formula is C11H21NO4. The summed E-state index contributed by atoms with van der Waals surface area (Å²) in [5.74, 6) is -1.73. The van der Waals surface area contributed by atoms with Crippen molar-refractivity contribution in [1.82, 2.24) is 5.32 Å². The highest BCUT2D eigenvalue weighted by Gasteiger charge is 2.21. The lowest BCUT2D eigenvalue weighted by atomic mass is 9.96. The number of rotatable bonds is 7. The minimum Gasteiger partial charge on any atom is -0.481 e. The maximum Gasteiger partial charge on any atom is 0.308 e. The van der Waals surface area contributed by atoms with Gasteiger partial charge in [-0.2, -0.15) is 0 Å².